The van der Waals surface area contributed by atoms with Crippen LogP contribution >= 0.6 is 0 Å². The van der Waals surface area contributed by atoms with E-state index in [2.05, 4.69) is 32.2 Å². The number of nitrogens with one attached hydrogen (secondary N) is 1. The minimum atomic E-state index is 0.0847. The van der Waals surface area contributed by atoms with E-state index < -0.39 is 0 Å². The standard InChI is InChI=1S/C17H23NO2/c1-13-14(12-19-15-8-6-5-7-9-15)10-16(20-13)11-18-17(2,3)4/h5-10,18H,11-12H2,1-4H3. The molecule has 0 saturated heterocycles. The van der Waals surface area contributed by atoms with Crippen molar-refractivity contribution in [1.29, 1.82) is 0 Å². The number of furan rings is 1. The van der Waals surface area contributed by atoms with Gasteiger partial charge in [0.1, 0.15) is 23.9 Å². The van der Waals surface area contributed by atoms with Gasteiger partial charge in [0.05, 0.1) is 6.54 Å². The zero-order valence-electron chi connectivity index (χ0n) is 12.7. The number of rotatable bonds is 5. The molecule has 3 heteroatoms. The zero-order chi connectivity index (χ0) is 14.6. The van der Waals surface area contributed by atoms with Crippen LogP contribution in [0, 0.1) is 6.92 Å². The number of ether oxygens (including phenoxy) is 1. The fraction of sp³-hybridized carbons (Fsp3) is 0.412. The molecule has 0 unspecified atom stereocenters. The molecule has 2 rings (SSSR count). The number of hydrogen-bond acceptors (Lipinski definition) is 3. The highest BCUT2D eigenvalue weighted by molar-refractivity contribution is 5.24. The Labute approximate surface area is 121 Å². The van der Waals surface area contributed by atoms with Crippen LogP contribution in [0.15, 0.2) is 40.8 Å². The van der Waals surface area contributed by atoms with Crippen molar-refractivity contribution >= 4 is 0 Å². The first-order chi connectivity index (χ1) is 9.44. The van der Waals surface area contributed by atoms with E-state index in [0.29, 0.717) is 6.61 Å². The molecule has 0 radical (unpaired) electrons. The van der Waals surface area contributed by atoms with Crippen molar-refractivity contribution in [2.75, 3.05) is 0 Å². The Hall–Kier alpha value is -1.74. The van der Waals surface area contributed by atoms with E-state index in [1.54, 1.807) is 0 Å². The van der Waals surface area contributed by atoms with Crippen molar-refractivity contribution in [1.82, 2.24) is 5.32 Å². The molecule has 1 aromatic carbocycles. The lowest BCUT2D eigenvalue weighted by Crippen LogP contribution is -2.34. The molecule has 1 aromatic heterocycles. The third-order valence-corrected chi connectivity index (χ3v) is 3.00. The summed E-state index contributed by atoms with van der Waals surface area (Å²) in [6.45, 7) is 9.67. The van der Waals surface area contributed by atoms with Crippen LogP contribution in [-0.4, -0.2) is 5.54 Å². The molecule has 0 saturated carbocycles. The molecule has 108 valence electrons. The Morgan fingerprint density at radius 2 is 1.85 bits per heavy atom. The highest BCUT2D eigenvalue weighted by Crippen LogP contribution is 2.18. The Morgan fingerprint density at radius 1 is 1.15 bits per heavy atom. The Kier molecular flexibility index (Phi) is 4.50. The highest BCUT2D eigenvalue weighted by atomic mass is 16.5. The maximum Gasteiger partial charge on any atom is 0.119 e. The Balaban J connectivity index is 1.94. The van der Waals surface area contributed by atoms with Gasteiger partial charge in [0, 0.05) is 11.1 Å². The topological polar surface area (TPSA) is 34.4 Å². The van der Waals surface area contributed by atoms with E-state index in [0.717, 1.165) is 29.4 Å². The zero-order valence-corrected chi connectivity index (χ0v) is 12.7. The van der Waals surface area contributed by atoms with Crippen molar-refractivity contribution in [3.05, 3.63) is 53.5 Å². The second kappa shape index (κ2) is 6.14. The van der Waals surface area contributed by atoms with Crippen LogP contribution in [0.1, 0.15) is 37.9 Å². The van der Waals surface area contributed by atoms with Crippen molar-refractivity contribution in [3.8, 4) is 5.75 Å². The molecule has 0 amide bonds. The molecule has 0 spiro atoms. The third kappa shape index (κ3) is 4.42. The van der Waals surface area contributed by atoms with Crippen molar-refractivity contribution in [2.24, 2.45) is 0 Å². The molecule has 1 N–H and O–H groups in total. The average Bonchev–Trinajstić information content (AvgIpc) is 2.75. The largest absolute Gasteiger partial charge is 0.489 e. The molecule has 1 heterocycles. The van der Waals surface area contributed by atoms with E-state index in [-0.39, 0.29) is 5.54 Å². The smallest absolute Gasteiger partial charge is 0.119 e. The van der Waals surface area contributed by atoms with Gasteiger partial charge in [0.15, 0.2) is 0 Å². The molecule has 2 aromatic rings. The van der Waals surface area contributed by atoms with Gasteiger partial charge in [0.25, 0.3) is 0 Å². The highest BCUT2D eigenvalue weighted by Gasteiger charge is 2.12. The monoisotopic (exact) mass is 273 g/mol. The summed E-state index contributed by atoms with van der Waals surface area (Å²) in [6.07, 6.45) is 0. The van der Waals surface area contributed by atoms with Crippen molar-refractivity contribution in [3.63, 3.8) is 0 Å². The van der Waals surface area contributed by atoms with Crippen LogP contribution in [0.3, 0.4) is 0 Å². The maximum atomic E-state index is 5.76. The molecular formula is C17H23NO2. The predicted octanol–water partition coefficient (Wildman–Crippen LogP) is 4.06. The third-order valence-electron chi connectivity index (χ3n) is 3.00. The van der Waals surface area contributed by atoms with Gasteiger partial charge in [-0.05, 0) is 45.9 Å². The van der Waals surface area contributed by atoms with Crippen LogP contribution in [0.5, 0.6) is 5.75 Å². The van der Waals surface area contributed by atoms with Gasteiger partial charge in [0.2, 0.25) is 0 Å². The normalized spacial score (nSPS) is 11.6. The summed E-state index contributed by atoms with van der Waals surface area (Å²) in [6, 6.07) is 11.9. The summed E-state index contributed by atoms with van der Waals surface area (Å²) in [7, 11) is 0. The first kappa shape index (κ1) is 14.7. The van der Waals surface area contributed by atoms with Crippen LogP contribution in [0.2, 0.25) is 0 Å². The summed E-state index contributed by atoms with van der Waals surface area (Å²) in [5.74, 6) is 2.75. The second-order valence-electron chi connectivity index (χ2n) is 6.00. The van der Waals surface area contributed by atoms with Gasteiger partial charge in [-0.15, -0.1) is 0 Å². The minimum Gasteiger partial charge on any atom is -0.489 e. The predicted molar refractivity (Wildman–Crippen MR) is 80.8 cm³/mol. The second-order valence-corrected chi connectivity index (χ2v) is 6.00. The summed E-state index contributed by atoms with van der Waals surface area (Å²) in [5.41, 5.74) is 1.18. The van der Waals surface area contributed by atoms with Gasteiger partial charge < -0.3 is 14.5 Å². The molecule has 0 bridgehead atoms. The first-order valence-corrected chi connectivity index (χ1v) is 6.95. The van der Waals surface area contributed by atoms with Gasteiger partial charge in [-0.2, -0.15) is 0 Å². The molecule has 0 aliphatic carbocycles. The van der Waals surface area contributed by atoms with Gasteiger partial charge in [-0.3, -0.25) is 0 Å². The van der Waals surface area contributed by atoms with Crippen molar-refractivity contribution < 1.29 is 9.15 Å². The number of para-hydroxylation sites is 1. The van der Waals surface area contributed by atoms with Crippen LogP contribution in [-0.2, 0) is 13.2 Å². The SMILES string of the molecule is Cc1oc(CNC(C)(C)C)cc1COc1ccccc1. The van der Waals surface area contributed by atoms with Gasteiger partial charge in [-0.1, -0.05) is 18.2 Å². The van der Waals surface area contributed by atoms with E-state index in [4.69, 9.17) is 9.15 Å². The Bertz CT molecular complexity index is 538. The number of aryl methyl sites for hydroxylation is 1. The fourth-order valence-electron chi connectivity index (χ4n) is 1.85. The molecule has 0 atom stereocenters. The lowest BCUT2D eigenvalue weighted by Gasteiger charge is -2.19. The van der Waals surface area contributed by atoms with Gasteiger partial charge in [-0.25, -0.2) is 0 Å². The molecule has 20 heavy (non-hydrogen) atoms. The van der Waals surface area contributed by atoms with Crippen molar-refractivity contribution in [2.45, 2.75) is 46.4 Å². The number of benzene rings is 1. The average molecular weight is 273 g/mol. The molecule has 0 aliphatic rings. The molecule has 0 aliphatic heterocycles. The van der Waals surface area contributed by atoms with E-state index in [1.165, 1.54) is 0 Å². The summed E-state index contributed by atoms with van der Waals surface area (Å²) < 4.78 is 11.5. The van der Waals surface area contributed by atoms with E-state index in [9.17, 15) is 0 Å². The fourth-order valence-corrected chi connectivity index (χ4v) is 1.85. The first-order valence-electron chi connectivity index (χ1n) is 6.95. The molecule has 3 nitrogen and oxygen atoms in total. The van der Waals surface area contributed by atoms with Crippen LogP contribution in [0.25, 0.3) is 0 Å². The van der Waals surface area contributed by atoms with Crippen LogP contribution in [0.4, 0.5) is 0 Å². The van der Waals surface area contributed by atoms with Crippen LogP contribution < -0.4 is 10.1 Å². The minimum absolute atomic E-state index is 0.0847. The van der Waals surface area contributed by atoms with Gasteiger partial charge >= 0.3 is 0 Å². The molecular weight excluding hydrogens is 250 g/mol. The lowest BCUT2D eigenvalue weighted by molar-refractivity contribution is 0.303. The van der Waals surface area contributed by atoms with E-state index >= 15 is 0 Å². The summed E-state index contributed by atoms with van der Waals surface area (Å²) >= 11 is 0. The van der Waals surface area contributed by atoms with E-state index in [1.807, 2.05) is 37.3 Å². The number of hydrogen-bond donors (Lipinski definition) is 1. The summed E-state index contributed by atoms with van der Waals surface area (Å²) in [5, 5.41) is 3.42. The molecule has 0 fully saturated rings. The lowest BCUT2D eigenvalue weighted by atomic mass is 10.1. The quantitative estimate of drug-likeness (QED) is 0.892. The summed E-state index contributed by atoms with van der Waals surface area (Å²) in [4.78, 5) is 0. The Morgan fingerprint density at radius 3 is 2.50 bits per heavy atom. The maximum absolute atomic E-state index is 5.76.